The molecule has 0 aliphatic heterocycles. The van der Waals surface area contributed by atoms with Crippen LogP contribution in [0.25, 0.3) is 0 Å². The van der Waals surface area contributed by atoms with Crippen LogP contribution in [0, 0.1) is 23.7 Å². The zero-order valence-electron chi connectivity index (χ0n) is 13.2. The molecule has 0 aromatic carbocycles. The molecule has 2 fully saturated rings. The molecule has 2 aliphatic carbocycles. The molecule has 0 aromatic heterocycles. The van der Waals surface area contributed by atoms with Crippen LogP contribution in [-0.4, -0.2) is 13.2 Å². The van der Waals surface area contributed by atoms with Crippen LogP contribution in [0.4, 0.5) is 0 Å². The van der Waals surface area contributed by atoms with Crippen LogP contribution in [0.1, 0.15) is 78.1 Å². The van der Waals surface area contributed by atoms with E-state index < -0.39 is 0 Å². The lowest BCUT2D eigenvalue weighted by atomic mass is 9.69. The van der Waals surface area contributed by atoms with Crippen molar-refractivity contribution in [3.8, 4) is 0 Å². The summed E-state index contributed by atoms with van der Waals surface area (Å²) in [7, 11) is 0. The van der Waals surface area contributed by atoms with Crippen LogP contribution in [0.15, 0.2) is 0 Å². The Kier molecular flexibility index (Phi) is 6.70. The molecule has 0 unspecified atom stereocenters. The fourth-order valence-corrected chi connectivity index (χ4v) is 4.47. The van der Waals surface area contributed by atoms with Crippen molar-refractivity contribution in [1.82, 2.24) is 0 Å². The molecule has 0 atom stereocenters. The highest BCUT2D eigenvalue weighted by Gasteiger charge is 2.30. The molecule has 0 saturated heterocycles. The second kappa shape index (κ2) is 8.29. The van der Waals surface area contributed by atoms with E-state index in [4.69, 9.17) is 4.74 Å². The van der Waals surface area contributed by atoms with Gasteiger partial charge < -0.3 is 4.74 Å². The summed E-state index contributed by atoms with van der Waals surface area (Å²) in [6.45, 7) is 6.36. The molecule has 0 radical (unpaired) electrons. The van der Waals surface area contributed by atoms with Crippen molar-refractivity contribution in [3.05, 3.63) is 0 Å². The maximum Gasteiger partial charge on any atom is 0.0494 e. The second-order valence-corrected chi connectivity index (χ2v) is 7.01. The highest BCUT2D eigenvalue weighted by atomic mass is 16.5. The Morgan fingerprint density at radius 2 is 1.26 bits per heavy atom. The van der Waals surface area contributed by atoms with Gasteiger partial charge in [-0.05, 0) is 69.1 Å². The van der Waals surface area contributed by atoms with Crippen molar-refractivity contribution in [2.45, 2.75) is 78.1 Å². The number of rotatable bonds is 6. The van der Waals surface area contributed by atoms with Crippen molar-refractivity contribution in [3.63, 3.8) is 0 Å². The summed E-state index contributed by atoms with van der Waals surface area (Å²) in [6, 6.07) is 0. The average Bonchev–Trinajstić information content (AvgIpc) is 2.47. The van der Waals surface area contributed by atoms with Gasteiger partial charge in [-0.15, -0.1) is 0 Å². The lowest BCUT2D eigenvalue weighted by molar-refractivity contribution is 0.0710. The molecular weight excluding hydrogens is 232 g/mol. The minimum atomic E-state index is 0.868. The normalized spacial score (nSPS) is 36.3. The van der Waals surface area contributed by atoms with Crippen LogP contribution in [-0.2, 0) is 4.74 Å². The summed E-state index contributed by atoms with van der Waals surface area (Å²) in [5.74, 6) is 4.06. The fraction of sp³-hybridized carbons (Fsp3) is 1.00. The molecule has 0 amide bonds. The molecule has 1 nitrogen and oxygen atoms in total. The van der Waals surface area contributed by atoms with Gasteiger partial charge in [0.05, 0.1) is 0 Å². The van der Waals surface area contributed by atoms with E-state index in [9.17, 15) is 0 Å². The van der Waals surface area contributed by atoms with Crippen LogP contribution >= 0.6 is 0 Å². The Hall–Kier alpha value is -0.0400. The minimum absolute atomic E-state index is 0.868. The van der Waals surface area contributed by atoms with Gasteiger partial charge in [-0.1, -0.05) is 32.6 Å². The Labute approximate surface area is 120 Å². The Bertz CT molecular complexity index is 222. The third-order valence-electron chi connectivity index (χ3n) is 5.70. The number of ether oxygens (including phenoxy) is 1. The predicted molar refractivity (Wildman–Crippen MR) is 82.3 cm³/mol. The lowest BCUT2D eigenvalue weighted by Crippen LogP contribution is -2.27. The summed E-state index contributed by atoms with van der Waals surface area (Å²) in [5.41, 5.74) is 0. The summed E-state index contributed by atoms with van der Waals surface area (Å²) >= 11 is 0. The van der Waals surface area contributed by atoms with Gasteiger partial charge in [0.1, 0.15) is 0 Å². The maximum atomic E-state index is 5.59. The largest absolute Gasteiger partial charge is 0.381 e. The summed E-state index contributed by atoms with van der Waals surface area (Å²) in [6.07, 6.45) is 14.8. The van der Waals surface area contributed by atoms with Crippen LogP contribution in [0.2, 0.25) is 0 Å². The van der Waals surface area contributed by atoms with Gasteiger partial charge in [-0.2, -0.15) is 0 Å². The highest BCUT2D eigenvalue weighted by Crippen LogP contribution is 2.42. The number of hydrogen-bond acceptors (Lipinski definition) is 1. The maximum absolute atomic E-state index is 5.59. The molecular formula is C18H34O. The quantitative estimate of drug-likeness (QED) is 0.622. The summed E-state index contributed by atoms with van der Waals surface area (Å²) in [5, 5.41) is 0. The van der Waals surface area contributed by atoms with Crippen LogP contribution in [0.5, 0.6) is 0 Å². The molecule has 2 rings (SSSR count). The predicted octanol–water partition coefficient (Wildman–Crippen LogP) is 5.44. The molecule has 112 valence electrons. The SMILES string of the molecule is CCCC1CCC([C@H]2CC[C@H](COCC)CC2)CC1. The van der Waals surface area contributed by atoms with Crippen molar-refractivity contribution >= 4 is 0 Å². The summed E-state index contributed by atoms with van der Waals surface area (Å²) < 4.78 is 5.59. The Balaban J connectivity index is 1.65. The molecule has 1 heteroatoms. The van der Waals surface area contributed by atoms with E-state index in [1.165, 1.54) is 64.2 Å². The van der Waals surface area contributed by atoms with Gasteiger partial charge >= 0.3 is 0 Å². The van der Waals surface area contributed by atoms with Gasteiger partial charge in [0.2, 0.25) is 0 Å². The van der Waals surface area contributed by atoms with Gasteiger partial charge in [-0.25, -0.2) is 0 Å². The third-order valence-corrected chi connectivity index (χ3v) is 5.70. The topological polar surface area (TPSA) is 9.23 Å². The van der Waals surface area contributed by atoms with E-state index in [1.54, 1.807) is 0 Å². The van der Waals surface area contributed by atoms with Crippen molar-refractivity contribution in [2.24, 2.45) is 23.7 Å². The monoisotopic (exact) mass is 266 g/mol. The standard InChI is InChI=1S/C18H34O/c1-3-5-15-6-10-17(11-7-15)18-12-8-16(9-13-18)14-19-4-2/h15-18H,3-14H2,1-2H3/t15?,16-,17?,18-. The van der Waals surface area contributed by atoms with Crippen LogP contribution < -0.4 is 0 Å². The molecule has 19 heavy (non-hydrogen) atoms. The molecule has 0 aromatic rings. The van der Waals surface area contributed by atoms with Crippen LogP contribution in [0.3, 0.4) is 0 Å². The van der Waals surface area contributed by atoms with E-state index in [2.05, 4.69) is 13.8 Å². The molecule has 0 N–H and O–H groups in total. The molecule has 2 saturated carbocycles. The first kappa shape index (κ1) is 15.4. The molecule has 0 heterocycles. The van der Waals surface area contributed by atoms with Crippen molar-refractivity contribution < 1.29 is 4.74 Å². The zero-order valence-corrected chi connectivity index (χ0v) is 13.2. The Morgan fingerprint density at radius 1 is 0.737 bits per heavy atom. The smallest absolute Gasteiger partial charge is 0.0494 e. The third kappa shape index (κ3) is 4.77. The van der Waals surface area contributed by atoms with Gasteiger partial charge in [-0.3, -0.25) is 0 Å². The van der Waals surface area contributed by atoms with Gasteiger partial charge in [0, 0.05) is 13.2 Å². The first-order valence-corrected chi connectivity index (χ1v) is 8.91. The first-order valence-electron chi connectivity index (χ1n) is 8.91. The van der Waals surface area contributed by atoms with E-state index in [0.717, 1.165) is 36.9 Å². The number of hydrogen-bond donors (Lipinski definition) is 0. The van der Waals surface area contributed by atoms with E-state index >= 15 is 0 Å². The van der Waals surface area contributed by atoms with Crippen molar-refractivity contribution in [2.75, 3.05) is 13.2 Å². The Morgan fingerprint density at radius 3 is 1.74 bits per heavy atom. The average molecular weight is 266 g/mol. The summed E-state index contributed by atoms with van der Waals surface area (Å²) in [4.78, 5) is 0. The van der Waals surface area contributed by atoms with Gasteiger partial charge in [0.15, 0.2) is 0 Å². The first-order chi connectivity index (χ1) is 9.33. The van der Waals surface area contributed by atoms with E-state index in [-0.39, 0.29) is 0 Å². The second-order valence-electron chi connectivity index (χ2n) is 7.01. The van der Waals surface area contributed by atoms with E-state index in [0.29, 0.717) is 0 Å². The van der Waals surface area contributed by atoms with Crippen molar-refractivity contribution in [1.29, 1.82) is 0 Å². The molecule has 2 aliphatic rings. The lowest BCUT2D eigenvalue weighted by Gasteiger charge is -2.37. The minimum Gasteiger partial charge on any atom is -0.381 e. The zero-order chi connectivity index (χ0) is 13.5. The van der Waals surface area contributed by atoms with E-state index in [1.807, 2.05) is 0 Å². The molecule has 0 spiro atoms. The van der Waals surface area contributed by atoms with Gasteiger partial charge in [0.25, 0.3) is 0 Å². The molecule has 0 bridgehead atoms. The fourth-order valence-electron chi connectivity index (χ4n) is 4.47. The highest BCUT2D eigenvalue weighted by molar-refractivity contribution is 4.81.